The lowest BCUT2D eigenvalue weighted by molar-refractivity contribution is -0.117. The number of hydrogen-bond donors (Lipinski definition) is 1. The molecule has 2 aromatic carbocycles. The molecule has 1 fully saturated rings. The molecule has 1 aliphatic heterocycles. The lowest BCUT2D eigenvalue weighted by atomic mass is 10.0. The largest absolute Gasteiger partial charge is 0.497 e. The smallest absolute Gasteiger partial charge is 0.257 e. The quantitative estimate of drug-likeness (QED) is 0.499. The lowest BCUT2D eigenvalue weighted by Gasteiger charge is -2.32. The number of nitrogens with zero attached hydrogens (tertiary/aromatic N) is 1. The van der Waals surface area contributed by atoms with Crippen molar-refractivity contribution in [3.63, 3.8) is 0 Å². The number of carbonyl (C=O) groups is 2. The minimum atomic E-state index is -0.162. The summed E-state index contributed by atoms with van der Waals surface area (Å²) in [6.07, 6.45) is 4.66. The molecule has 1 N–H and O–H groups in total. The molecule has 6 nitrogen and oxygen atoms in total. The van der Waals surface area contributed by atoms with Crippen LogP contribution in [0.4, 0.5) is 0 Å². The molecule has 0 unspecified atom stereocenters. The third kappa shape index (κ3) is 5.15. The normalized spacial score (nSPS) is 14.6. The van der Waals surface area contributed by atoms with Crippen molar-refractivity contribution >= 4 is 50.9 Å². The van der Waals surface area contributed by atoms with Gasteiger partial charge in [0.1, 0.15) is 11.5 Å². The number of hydrogen-bond acceptors (Lipinski definition) is 5. The van der Waals surface area contributed by atoms with E-state index >= 15 is 0 Å². The van der Waals surface area contributed by atoms with Crippen LogP contribution in [0.1, 0.15) is 28.1 Å². The second-order valence-electron chi connectivity index (χ2n) is 7.75. The number of carbonyl (C=O) groups excluding carboxylic acids is 2. The Morgan fingerprint density at radius 1 is 1.12 bits per heavy atom. The Labute approximate surface area is 201 Å². The zero-order chi connectivity index (χ0) is 23.4. The zero-order valence-corrected chi connectivity index (χ0v) is 20.0. The fourth-order valence-electron chi connectivity index (χ4n) is 3.91. The molecule has 0 spiro atoms. The van der Waals surface area contributed by atoms with Crippen molar-refractivity contribution in [3.05, 3.63) is 64.0 Å². The van der Waals surface area contributed by atoms with Gasteiger partial charge in [0.15, 0.2) is 0 Å². The predicted octanol–water partition coefficient (Wildman–Crippen LogP) is 5.01. The van der Waals surface area contributed by atoms with Crippen LogP contribution in [0.5, 0.6) is 11.5 Å². The first kappa shape index (κ1) is 23.1. The van der Waals surface area contributed by atoms with Crippen molar-refractivity contribution < 1.29 is 19.1 Å². The first-order valence-electron chi connectivity index (χ1n) is 10.7. The monoisotopic (exact) mass is 484 g/mol. The van der Waals surface area contributed by atoms with Crippen LogP contribution in [-0.4, -0.2) is 50.1 Å². The number of piperidine rings is 1. The molecular formula is C25H25ClN2O4S. The van der Waals surface area contributed by atoms with E-state index in [1.807, 2.05) is 24.3 Å². The highest BCUT2D eigenvalue weighted by Crippen LogP contribution is 2.36. The molecule has 0 bridgehead atoms. The number of ether oxygens (including phenoxy) is 2. The van der Waals surface area contributed by atoms with Gasteiger partial charge in [-0.05, 0) is 37.1 Å². The highest BCUT2D eigenvalue weighted by molar-refractivity contribution is 7.20. The van der Waals surface area contributed by atoms with Crippen molar-refractivity contribution in [3.8, 4) is 11.5 Å². The molecule has 1 aromatic heterocycles. The van der Waals surface area contributed by atoms with Gasteiger partial charge in [0.2, 0.25) is 5.91 Å². The Bertz CT molecular complexity index is 1200. The number of rotatable bonds is 6. The average molecular weight is 485 g/mol. The Hall–Kier alpha value is -3.03. The molecular weight excluding hydrogens is 460 g/mol. The van der Waals surface area contributed by atoms with Crippen LogP contribution in [0.3, 0.4) is 0 Å². The van der Waals surface area contributed by atoms with Gasteiger partial charge >= 0.3 is 0 Å². The fourth-order valence-corrected chi connectivity index (χ4v) is 5.31. The molecule has 8 heteroatoms. The Morgan fingerprint density at radius 2 is 1.88 bits per heavy atom. The molecule has 0 saturated carbocycles. The van der Waals surface area contributed by atoms with E-state index in [4.69, 9.17) is 21.1 Å². The molecule has 4 rings (SSSR count). The first-order valence-corrected chi connectivity index (χ1v) is 11.9. The van der Waals surface area contributed by atoms with Crippen molar-refractivity contribution in [2.24, 2.45) is 0 Å². The minimum absolute atomic E-state index is 0.0156. The van der Waals surface area contributed by atoms with Gasteiger partial charge in [-0.1, -0.05) is 29.8 Å². The van der Waals surface area contributed by atoms with E-state index in [9.17, 15) is 9.59 Å². The standard InChI is InChI=1S/C25H25ClN2O4S/c1-31-17-7-8-18(20(15-17)32-2)25(30)28-13-11-16(12-14-28)27-23(29)10-9-22-24(26)19-5-3-4-6-21(19)33-22/h3-10,15-16H,11-14H2,1-2H3,(H,27,29)/b10-9+. The molecule has 0 atom stereocenters. The van der Waals surface area contributed by atoms with Crippen LogP contribution in [0, 0.1) is 0 Å². The molecule has 0 aliphatic carbocycles. The summed E-state index contributed by atoms with van der Waals surface area (Å²) >= 11 is 8.00. The van der Waals surface area contributed by atoms with E-state index in [2.05, 4.69) is 5.32 Å². The second-order valence-corrected chi connectivity index (χ2v) is 9.21. The van der Waals surface area contributed by atoms with E-state index in [1.54, 1.807) is 47.6 Å². The number of amides is 2. The Balaban J connectivity index is 1.32. The molecule has 1 aliphatic rings. The maximum atomic E-state index is 13.0. The zero-order valence-electron chi connectivity index (χ0n) is 18.5. The minimum Gasteiger partial charge on any atom is -0.497 e. The summed E-state index contributed by atoms with van der Waals surface area (Å²) in [6, 6.07) is 13.1. The number of methoxy groups -OCH3 is 2. The summed E-state index contributed by atoms with van der Waals surface area (Å²) in [7, 11) is 3.11. The van der Waals surface area contributed by atoms with Gasteiger partial charge in [0.05, 0.1) is 24.8 Å². The second kappa shape index (κ2) is 10.3. The Morgan fingerprint density at radius 3 is 2.58 bits per heavy atom. The van der Waals surface area contributed by atoms with Crippen LogP contribution in [0.2, 0.25) is 5.02 Å². The van der Waals surface area contributed by atoms with Crippen molar-refractivity contribution in [1.29, 1.82) is 0 Å². The maximum Gasteiger partial charge on any atom is 0.257 e. The molecule has 2 heterocycles. The van der Waals surface area contributed by atoms with Gasteiger partial charge in [-0.15, -0.1) is 11.3 Å². The third-order valence-electron chi connectivity index (χ3n) is 5.71. The molecule has 2 amide bonds. The SMILES string of the molecule is COc1ccc(C(=O)N2CCC(NC(=O)/C=C/c3sc4ccccc4c3Cl)CC2)c(OC)c1. The molecule has 172 valence electrons. The summed E-state index contributed by atoms with van der Waals surface area (Å²) < 4.78 is 11.7. The molecule has 33 heavy (non-hydrogen) atoms. The van der Waals surface area contributed by atoms with Crippen molar-refractivity contribution in [1.82, 2.24) is 10.2 Å². The van der Waals surface area contributed by atoms with Gasteiger partial charge in [-0.2, -0.15) is 0 Å². The van der Waals surface area contributed by atoms with Gasteiger partial charge < -0.3 is 19.7 Å². The van der Waals surface area contributed by atoms with Gasteiger partial charge in [0, 0.05) is 46.2 Å². The van der Waals surface area contributed by atoms with E-state index in [-0.39, 0.29) is 17.9 Å². The van der Waals surface area contributed by atoms with Crippen molar-refractivity contribution in [2.75, 3.05) is 27.3 Å². The predicted molar refractivity (Wildman–Crippen MR) is 132 cm³/mol. The van der Waals surface area contributed by atoms with Crippen LogP contribution in [0.25, 0.3) is 16.2 Å². The number of thiophene rings is 1. The van der Waals surface area contributed by atoms with E-state index in [1.165, 1.54) is 13.2 Å². The van der Waals surface area contributed by atoms with Crippen LogP contribution in [-0.2, 0) is 4.79 Å². The summed E-state index contributed by atoms with van der Waals surface area (Å²) in [5.74, 6) is 0.873. The number of likely N-dealkylation sites (tertiary alicyclic amines) is 1. The molecule has 3 aromatic rings. The number of fused-ring (bicyclic) bond motifs is 1. The fraction of sp³-hybridized carbons (Fsp3) is 0.280. The summed E-state index contributed by atoms with van der Waals surface area (Å²) in [5.41, 5.74) is 0.504. The van der Waals surface area contributed by atoms with Gasteiger partial charge in [-0.25, -0.2) is 0 Å². The number of nitrogens with one attached hydrogen (secondary N) is 1. The maximum absolute atomic E-state index is 13.0. The highest BCUT2D eigenvalue weighted by atomic mass is 35.5. The van der Waals surface area contributed by atoms with E-state index in [0.29, 0.717) is 48.0 Å². The average Bonchev–Trinajstić information content (AvgIpc) is 3.18. The van der Waals surface area contributed by atoms with E-state index in [0.717, 1.165) is 15.0 Å². The number of benzene rings is 2. The van der Waals surface area contributed by atoms with Crippen LogP contribution < -0.4 is 14.8 Å². The molecule has 0 radical (unpaired) electrons. The third-order valence-corrected chi connectivity index (χ3v) is 7.37. The van der Waals surface area contributed by atoms with E-state index < -0.39 is 0 Å². The topological polar surface area (TPSA) is 67.9 Å². The van der Waals surface area contributed by atoms with Gasteiger partial charge in [-0.3, -0.25) is 9.59 Å². The summed E-state index contributed by atoms with van der Waals surface area (Å²) in [5, 5.41) is 4.70. The van der Waals surface area contributed by atoms with Crippen LogP contribution in [0.15, 0.2) is 48.5 Å². The first-order chi connectivity index (χ1) is 16.0. The summed E-state index contributed by atoms with van der Waals surface area (Å²) in [4.78, 5) is 28.1. The lowest BCUT2D eigenvalue weighted by Crippen LogP contribution is -2.46. The summed E-state index contributed by atoms with van der Waals surface area (Å²) in [6.45, 7) is 1.12. The van der Waals surface area contributed by atoms with Gasteiger partial charge in [0.25, 0.3) is 5.91 Å². The Kier molecular flexibility index (Phi) is 7.20. The molecule has 1 saturated heterocycles. The van der Waals surface area contributed by atoms with Crippen molar-refractivity contribution in [2.45, 2.75) is 18.9 Å². The van der Waals surface area contributed by atoms with Crippen LogP contribution >= 0.6 is 22.9 Å². The number of halogens is 1. The highest BCUT2D eigenvalue weighted by Gasteiger charge is 2.26.